The van der Waals surface area contributed by atoms with Crippen LogP contribution in [0.1, 0.15) is 27.3 Å². The lowest BCUT2D eigenvalue weighted by molar-refractivity contribution is 0.0145. The Hall–Kier alpha value is -3.44. The molecule has 0 aliphatic carbocycles. The van der Waals surface area contributed by atoms with Crippen molar-refractivity contribution in [3.8, 4) is 0 Å². The molecule has 3 heterocycles. The maximum absolute atomic E-state index is 12.1. The first kappa shape index (κ1) is 14.9. The molecule has 5 heteroatoms. The topological polar surface area (TPSA) is 67.0 Å². The van der Waals surface area contributed by atoms with Crippen LogP contribution in [0.5, 0.6) is 0 Å². The molecule has 0 saturated carbocycles. The van der Waals surface area contributed by atoms with Crippen LogP contribution in [-0.2, 0) is 11.4 Å². The van der Waals surface area contributed by atoms with Gasteiger partial charge in [0.15, 0.2) is 0 Å². The van der Waals surface area contributed by atoms with E-state index in [1.165, 1.54) is 0 Å². The maximum atomic E-state index is 12.1. The minimum absolute atomic E-state index is 0.213. The molecule has 1 amide bonds. The van der Waals surface area contributed by atoms with Crippen molar-refractivity contribution in [2.24, 2.45) is 0 Å². The number of carbonyl (C=O) groups is 1. The summed E-state index contributed by atoms with van der Waals surface area (Å²) in [6, 6.07) is 16.1. The third kappa shape index (κ3) is 2.37. The summed E-state index contributed by atoms with van der Waals surface area (Å²) in [5.41, 5.74) is 6.81. The molecule has 5 rings (SSSR count). The lowest BCUT2D eigenvalue weighted by atomic mass is 10.0. The average molecular weight is 341 g/mol. The number of hydroxylamine groups is 1. The van der Waals surface area contributed by atoms with Gasteiger partial charge in [0, 0.05) is 22.4 Å². The van der Waals surface area contributed by atoms with Crippen LogP contribution in [-0.4, -0.2) is 15.9 Å². The Kier molecular flexibility index (Phi) is 3.33. The van der Waals surface area contributed by atoms with Gasteiger partial charge in [-0.05, 0) is 17.7 Å². The van der Waals surface area contributed by atoms with E-state index in [1.54, 1.807) is 0 Å². The van der Waals surface area contributed by atoms with Crippen molar-refractivity contribution >= 4 is 39.7 Å². The summed E-state index contributed by atoms with van der Waals surface area (Å²) in [6.07, 6.45) is 5.89. The highest BCUT2D eigenvalue weighted by Gasteiger charge is 2.23. The fraction of sp³-hybridized carbons (Fsp3) is 0.0476. The van der Waals surface area contributed by atoms with Gasteiger partial charge in [-0.1, -0.05) is 48.5 Å². The van der Waals surface area contributed by atoms with E-state index in [0.717, 1.165) is 38.6 Å². The lowest BCUT2D eigenvalue weighted by Gasteiger charge is -2.11. The van der Waals surface area contributed by atoms with E-state index in [2.05, 4.69) is 15.4 Å². The van der Waals surface area contributed by atoms with Crippen LogP contribution in [0.2, 0.25) is 0 Å². The minimum atomic E-state index is -0.213. The SMILES string of the molecule is O=C1NOCc2[nH]c3c(ccc4cnc(/C=C/c5ccccc5)cc43)c21. The molecule has 4 aromatic rings. The van der Waals surface area contributed by atoms with Crippen molar-refractivity contribution in [3.05, 3.63) is 77.2 Å². The van der Waals surface area contributed by atoms with Gasteiger partial charge in [-0.25, -0.2) is 5.48 Å². The Balaban J connectivity index is 1.66. The van der Waals surface area contributed by atoms with Crippen LogP contribution >= 0.6 is 0 Å². The van der Waals surface area contributed by atoms with Crippen LogP contribution in [0.4, 0.5) is 0 Å². The maximum Gasteiger partial charge on any atom is 0.277 e. The second-order valence-electron chi connectivity index (χ2n) is 6.26. The van der Waals surface area contributed by atoms with Gasteiger partial charge in [0.2, 0.25) is 0 Å². The summed E-state index contributed by atoms with van der Waals surface area (Å²) in [5, 5.41) is 2.96. The molecule has 0 bridgehead atoms. The zero-order chi connectivity index (χ0) is 17.5. The first-order valence-corrected chi connectivity index (χ1v) is 8.38. The molecule has 0 atom stereocenters. The normalized spacial score (nSPS) is 14.1. The number of aromatic nitrogens is 2. The number of hydrogen-bond donors (Lipinski definition) is 2. The summed E-state index contributed by atoms with van der Waals surface area (Å²) in [5.74, 6) is -0.213. The van der Waals surface area contributed by atoms with Crippen molar-refractivity contribution in [1.29, 1.82) is 0 Å². The first-order chi connectivity index (χ1) is 12.8. The molecule has 0 fully saturated rings. The van der Waals surface area contributed by atoms with Crippen molar-refractivity contribution < 1.29 is 9.63 Å². The number of benzene rings is 2. The highest BCUT2D eigenvalue weighted by molar-refractivity contribution is 6.15. The Morgan fingerprint density at radius 3 is 2.81 bits per heavy atom. The molecule has 2 aromatic carbocycles. The van der Waals surface area contributed by atoms with Gasteiger partial charge in [0.1, 0.15) is 6.61 Å². The number of aromatic amines is 1. The number of rotatable bonds is 2. The summed E-state index contributed by atoms with van der Waals surface area (Å²) < 4.78 is 0. The minimum Gasteiger partial charge on any atom is -0.355 e. The fourth-order valence-corrected chi connectivity index (χ4v) is 3.38. The van der Waals surface area contributed by atoms with E-state index in [1.807, 2.05) is 66.9 Å². The van der Waals surface area contributed by atoms with E-state index < -0.39 is 0 Å². The zero-order valence-electron chi connectivity index (χ0n) is 13.8. The van der Waals surface area contributed by atoms with Gasteiger partial charge in [-0.15, -0.1) is 0 Å². The quantitative estimate of drug-likeness (QED) is 0.578. The van der Waals surface area contributed by atoms with E-state index in [4.69, 9.17) is 4.84 Å². The third-order valence-corrected chi connectivity index (χ3v) is 4.63. The Morgan fingerprint density at radius 1 is 1.04 bits per heavy atom. The lowest BCUT2D eigenvalue weighted by Crippen LogP contribution is -2.29. The smallest absolute Gasteiger partial charge is 0.277 e. The third-order valence-electron chi connectivity index (χ3n) is 4.63. The van der Waals surface area contributed by atoms with Crippen LogP contribution in [0.25, 0.3) is 33.8 Å². The summed E-state index contributed by atoms with van der Waals surface area (Å²) >= 11 is 0. The van der Waals surface area contributed by atoms with Crippen LogP contribution in [0.15, 0.2) is 54.7 Å². The van der Waals surface area contributed by atoms with Gasteiger partial charge >= 0.3 is 0 Å². The molecular weight excluding hydrogens is 326 g/mol. The Morgan fingerprint density at radius 2 is 1.92 bits per heavy atom. The van der Waals surface area contributed by atoms with E-state index in [9.17, 15) is 4.79 Å². The first-order valence-electron chi connectivity index (χ1n) is 8.38. The van der Waals surface area contributed by atoms with E-state index >= 15 is 0 Å². The van der Waals surface area contributed by atoms with Crippen molar-refractivity contribution in [2.45, 2.75) is 6.61 Å². The van der Waals surface area contributed by atoms with Crippen molar-refractivity contribution in [2.75, 3.05) is 0 Å². The van der Waals surface area contributed by atoms with Crippen LogP contribution < -0.4 is 5.48 Å². The molecular formula is C21H15N3O2. The van der Waals surface area contributed by atoms with Gasteiger partial charge in [-0.3, -0.25) is 14.6 Å². The van der Waals surface area contributed by atoms with Crippen LogP contribution in [0, 0.1) is 0 Å². The standard InChI is InChI=1S/C21H15N3O2/c25-21-19-16-9-7-14-11-22-15(8-6-13-4-2-1-3-5-13)10-17(14)20(16)23-18(19)12-26-24-21/h1-11,23H,12H2,(H,24,25)/b8-6+. The van der Waals surface area contributed by atoms with Gasteiger partial charge in [-0.2, -0.15) is 0 Å². The molecule has 1 aliphatic rings. The van der Waals surface area contributed by atoms with Crippen molar-refractivity contribution in [3.63, 3.8) is 0 Å². The van der Waals surface area contributed by atoms with Crippen LogP contribution in [0.3, 0.4) is 0 Å². The second-order valence-corrected chi connectivity index (χ2v) is 6.26. The number of H-pyrrole nitrogens is 1. The fourth-order valence-electron chi connectivity index (χ4n) is 3.38. The predicted octanol–water partition coefficient (Wildman–Crippen LogP) is 4.06. The molecule has 26 heavy (non-hydrogen) atoms. The Bertz CT molecular complexity index is 1180. The number of hydrogen-bond acceptors (Lipinski definition) is 3. The number of nitrogens with zero attached hydrogens (tertiary/aromatic N) is 1. The van der Waals surface area contributed by atoms with Gasteiger partial charge < -0.3 is 4.98 Å². The molecule has 5 nitrogen and oxygen atoms in total. The second kappa shape index (κ2) is 5.82. The number of nitrogens with one attached hydrogen (secondary N) is 2. The number of amides is 1. The van der Waals surface area contributed by atoms with Crippen molar-refractivity contribution in [1.82, 2.24) is 15.4 Å². The highest BCUT2D eigenvalue weighted by atomic mass is 16.7. The largest absolute Gasteiger partial charge is 0.355 e. The summed E-state index contributed by atoms with van der Waals surface area (Å²) in [7, 11) is 0. The molecule has 1 aliphatic heterocycles. The van der Waals surface area contributed by atoms with E-state index in [-0.39, 0.29) is 5.91 Å². The number of carbonyl (C=O) groups excluding carboxylic acids is 1. The number of pyridine rings is 1. The van der Waals surface area contributed by atoms with Gasteiger partial charge in [0.25, 0.3) is 5.91 Å². The highest BCUT2D eigenvalue weighted by Crippen LogP contribution is 2.31. The molecule has 0 unspecified atom stereocenters. The number of fused-ring (bicyclic) bond motifs is 5. The summed E-state index contributed by atoms with van der Waals surface area (Å²) in [4.78, 5) is 25.1. The molecule has 2 aromatic heterocycles. The molecule has 2 N–H and O–H groups in total. The molecule has 0 saturated heterocycles. The monoisotopic (exact) mass is 341 g/mol. The average Bonchev–Trinajstić information content (AvgIpc) is 3.07. The molecule has 0 radical (unpaired) electrons. The zero-order valence-corrected chi connectivity index (χ0v) is 13.8. The van der Waals surface area contributed by atoms with E-state index in [0.29, 0.717) is 12.2 Å². The Labute approximate surface area is 149 Å². The predicted molar refractivity (Wildman–Crippen MR) is 101 cm³/mol. The molecule has 126 valence electrons. The molecule has 0 spiro atoms. The van der Waals surface area contributed by atoms with Gasteiger partial charge in [0.05, 0.1) is 22.5 Å². The summed E-state index contributed by atoms with van der Waals surface area (Å²) in [6.45, 7) is 0.336.